The second-order valence-corrected chi connectivity index (χ2v) is 5.40. The molecule has 0 aliphatic carbocycles. The zero-order valence-corrected chi connectivity index (χ0v) is 12.3. The minimum Gasteiger partial charge on any atom is -0.271 e. The van der Waals surface area contributed by atoms with Crippen molar-refractivity contribution in [3.63, 3.8) is 0 Å². The van der Waals surface area contributed by atoms with Crippen LogP contribution < -0.4 is 11.3 Å². The van der Waals surface area contributed by atoms with Crippen LogP contribution in [0.15, 0.2) is 18.2 Å². The fourth-order valence-electron chi connectivity index (χ4n) is 2.45. The number of nitrogens with two attached hydrogens (primary N) is 1. The van der Waals surface area contributed by atoms with Crippen molar-refractivity contribution >= 4 is 0 Å². The third kappa shape index (κ3) is 4.43. The van der Waals surface area contributed by atoms with E-state index >= 15 is 0 Å². The SMILES string of the molecule is CCC(CC)CC(Cc1ccc(C)c(C)c1)NN. The Morgan fingerprint density at radius 1 is 1.11 bits per heavy atom. The van der Waals surface area contributed by atoms with E-state index in [4.69, 9.17) is 5.84 Å². The summed E-state index contributed by atoms with van der Waals surface area (Å²) in [5.74, 6) is 6.47. The van der Waals surface area contributed by atoms with E-state index in [0.717, 1.165) is 18.8 Å². The van der Waals surface area contributed by atoms with Crippen molar-refractivity contribution in [2.75, 3.05) is 0 Å². The Morgan fingerprint density at radius 2 is 1.78 bits per heavy atom. The Bertz CT molecular complexity index is 356. The lowest BCUT2D eigenvalue weighted by molar-refractivity contribution is 0.366. The van der Waals surface area contributed by atoms with Gasteiger partial charge in [-0.15, -0.1) is 0 Å². The van der Waals surface area contributed by atoms with Gasteiger partial charge in [-0.05, 0) is 49.3 Å². The average molecular weight is 248 g/mol. The van der Waals surface area contributed by atoms with Crippen LogP contribution in [-0.2, 0) is 6.42 Å². The number of hydrogen-bond acceptors (Lipinski definition) is 2. The number of hydrazine groups is 1. The van der Waals surface area contributed by atoms with Crippen LogP contribution in [-0.4, -0.2) is 6.04 Å². The summed E-state index contributed by atoms with van der Waals surface area (Å²) in [6, 6.07) is 7.10. The lowest BCUT2D eigenvalue weighted by Crippen LogP contribution is -2.38. The van der Waals surface area contributed by atoms with Gasteiger partial charge in [0.05, 0.1) is 0 Å². The fraction of sp³-hybridized carbons (Fsp3) is 0.625. The highest BCUT2D eigenvalue weighted by atomic mass is 15.2. The van der Waals surface area contributed by atoms with Gasteiger partial charge in [-0.1, -0.05) is 44.9 Å². The zero-order valence-electron chi connectivity index (χ0n) is 12.3. The van der Waals surface area contributed by atoms with Crippen molar-refractivity contribution in [2.24, 2.45) is 11.8 Å². The first-order valence-corrected chi connectivity index (χ1v) is 7.12. The average Bonchev–Trinajstić information content (AvgIpc) is 2.38. The van der Waals surface area contributed by atoms with Gasteiger partial charge >= 0.3 is 0 Å². The maximum Gasteiger partial charge on any atom is 0.0253 e. The molecule has 2 heteroatoms. The summed E-state index contributed by atoms with van der Waals surface area (Å²) in [7, 11) is 0. The van der Waals surface area contributed by atoms with Gasteiger partial charge in [0, 0.05) is 6.04 Å². The molecule has 1 rings (SSSR count). The van der Waals surface area contributed by atoms with Gasteiger partial charge in [-0.25, -0.2) is 0 Å². The Hall–Kier alpha value is -0.860. The first-order chi connectivity index (χ1) is 8.60. The summed E-state index contributed by atoms with van der Waals surface area (Å²) in [5, 5.41) is 0. The van der Waals surface area contributed by atoms with Gasteiger partial charge in [0.25, 0.3) is 0 Å². The molecule has 0 saturated heterocycles. The molecule has 1 aromatic rings. The van der Waals surface area contributed by atoms with Crippen LogP contribution >= 0.6 is 0 Å². The highest BCUT2D eigenvalue weighted by molar-refractivity contribution is 5.30. The topological polar surface area (TPSA) is 38.0 Å². The van der Waals surface area contributed by atoms with E-state index in [9.17, 15) is 0 Å². The summed E-state index contributed by atoms with van der Waals surface area (Å²) < 4.78 is 0. The standard InChI is InChI=1S/C16H28N2/c1-5-14(6-2)10-16(18-17)11-15-8-7-12(3)13(4)9-15/h7-9,14,16,18H,5-6,10-11,17H2,1-4H3. The number of nitrogens with one attached hydrogen (secondary N) is 1. The molecule has 0 fully saturated rings. The molecule has 0 aromatic heterocycles. The van der Waals surface area contributed by atoms with Crippen molar-refractivity contribution in [3.05, 3.63) is 34.9 Å². The summed E-state index contributed by atoms with van der Waals surface area (Å²) >= 11 is 0. The first kappa shape index (κ1) is 15.2. The van der Waals surface area contributed by atoms with E-state index in [2.05, 4.69) is 51.3 Å². The monoisotopic (exact) mass is 248 g/mol. The highest BCUT2D eigenvalue weighted by Crippen LogP contribution is 2.18. The molecule has 0 saturated carbocycles. The molecule has 0 amide bonds. The van der Waals surface area contributed by atoms with Crippen LogP contribution in [0.1, 0.15) is 49.8 Å². The van der Waals surface area contributed by atoms with Crippen LogP contribution in [0.5, 0.6) is 0 Å². The van der Waals surface area contributed by atoms with Gasteiger partial charge in [-0.3, -0.25) is 11.3 Å². The normalized spacial score (nSPS) is 13.0. The molecule has 1 atom stereocenters. The lowest BCUT2D eigenvalue weighted by Gasteiger charge is -2.21. The Morgan fingerprint density at radius 3 is 2.28 bits per heavy atom. The van der Waals surface area contributed by atoms with Crippen LogP contribution in [0.4, 0.5) is 0 Å². The van der Waals surface area contributed by atoms with Gasteiger partial charge in [0.15, 0.2) is 0 Å². The van der Waals surface area contributed by atoms with Gasteiger partial charge < -0.3 is 0 Å². The quantitative estimate of drug-likeness (QED) is 0.572. The van der Waals surface area contributed by atoms with Crippen LogP contribution in [0.25, 0.3) is 0 Å². The molecule has 2 nitrogen and oxygen atoms in total. The molecular formula is C16H28N2. The number of benzene rings is 1. The van der Waals surface area contributed by atoms with Gasteiger partial charge in [0.1, 0.15) is 0 Å². The van der Waals surface area contributed by atoms with Crippen molar-refractivity contribution < 1.29 is 0 Å². The minimum absolute atomic E-state index is 0.386. The van der Waals surface area contributed by atoms with Crippen LogP contribution in [0.3, 0.4) is 0 Å². The predicted octanol–water partition coefficient (Wildman–Crippen LogP) is 3.50. The van der Waals surface area contributed by atoms with Crippen LogP contribution in [0.2, 0.25) is 0 Å². The summed E-state index contributed by atoms with van der Waals surface area (Å²) in [6.45, 7) is 8.85. The predicted molar refractivity (Wildman–Crippen MR) is 79.4 cm³/mol. The summed E-state index contributed by atoms with van der Waals surface area (Å²) in [4.78, 5) is 0. The maximum absolute atomic E-state index is 5.70. The first-order valence-electron chi connectivity index (χ1n) is 7.12. The third-order valence-corrected chi connectivity index (χ3v) is 4.06. The molecule has 3 N–H and O–H groups in total. The summed E-state index contributed by atoms with van der Waals surface area (Å²) in [6.07, 6.45) is 4.66. The van der Waals surface area contributed by atoms with Crippen molar-refractivity contribution in [3.8, 4) is 0 Å². The molecule has 0 aliphatic heterocycles. The Labute approximate surface area is 112 Å². The van der Waals surface area contributed by atoms with E-state index in [-0.39, 0.29) is 0 Å². The molecule has 18 heavy (non-hydrogen) atoms. The van der Waals surface area contributed by atoms with E-state index in [0.29, 0.717) is 6.04 Å². The number of aryl methyl sites for hydroxylation is 2. The smallest absolute Gasteiger partial charge is 0.0253 e. The Kier molecular flexibility index (Phi) is 6.37. The fourth-order valence-corrected chi connectivity index (χ4v) is 2.45. The lowest BCUT2D eigenvalue weighted by atomic mass is 9.91. The highest BCUT2D eigenvalue weighted by Gasteiger charge is 2.13. The van der Waals surface area contributed by atoms with Crippen molar-refractivity contribution in [1.82, 2.24) is 5.43 Å². The van der Waals surface area contributed by atoms with E-state index in [1.165, 1.54) is 29.5 Å². The minimum atomic E-state index is 0.386. The van der Waals surface area contributed by atoms with Gasteiger partial charge in [0.2, 0.25) is 0 Å². The third-order valence-electron chi connectivity index (χ3n) is 4.06. The molecule has 0 bridgehead atoms. The number of hydrogen-bond donors (Lipinski definition) is 2. The molecule has 0 aliphatic rings. The van der Waals surface area contributed by atoms with E-state index < -0.39 is 0 Å². The molecular weight excluding hydrogens is 220 g/mol. The summed E-state index contributed by atoms with van der Waals surface area (Å²) in [5.41, 5.74) is 7.09. The van der Waals surface area contributed by atoms with Crippen LogP contribution in [0, 0.1) is 19.8 Å². The van der Waals surface area contributed by atoms with Crippen molar-refractivity contribution in [1.29, 1.82) is 0 Å². The largest absolute Gasteiger partial charge is 0.271 e. The van der Waals surface area contributed by atoms with Gasteiger partial charge in [-0.2, -0.15) is 0 Å². The Balaban J connectivity index is 2.64. The van der Waals surface area contributed by atoms with E-state index in [1.54, 1.807) is 0 Å². The second-order valence-electron chi connectivity index (χ2n) is 5.40. The second kappa shape index (κ2) is 7.55. The molecule has 0 heterocycles. The molecule has 1 aromatic carbocycles. The zero-order chi connectivity index (χ0) is 13.5. The number of rotatable bonds is 7. The van der Waals surface area contributed by atoms with E-state index in [1.807, 2.05) is 0 Å². The molecule has 1 unspecified atom stereocenters. The molecule has 0 radical (unpaired) electrons. The molecule has 0 spiro atoms. The molecule has 102 valence electrons. The maximum atomic E-state index is 5.70. The van der Waals surface area contributed by atoms with Crippen molar-refractivity contribution in [2.45, 2.75) is 59.4 Å².